The summed E-state index contributed by atoms with van der Waals surface area (Å²) in [5, 5.41) is 20.0. The van der Waals surface area contributed by atoms with E-state index in [4.69, 9.17) is 16.7 Å². The molecule has 0 amide bonds. The van der Waals surface area contributed by atoms with Gasteiger partial charge in [-0.05, 0) is 17.0 Å². The van der Waals surface area contributed by atoms with Crippen LogP contribution in [-0.2, 0) is 4.79 Å². The van der Waals surface area contributed by atoms with E-state index in [1.807, 2.05) is 13.8 Å². The Balaban J connectivity index is 2.40. The third-order valence-corrected chi connectivity index (χ3v) is 3.94. The summed E-state index contributed by atoms with van der Waals surface area (Å²) in [5.41, 5.74) is 0.0950. The van der Waals surface area contributed by atoms with Crippen molar-refractivity contribution >= 4 is 23.3 Å². The number of nitro benzene ring substituents is 1. The Kier molecular flexibility index (Phi) is 2.81. The number of benzene rings is 1. The summed E-state index contributed by atoms with van der Waals surface area (Å²) in [5.74, 6) is -1.58. The van der Waals surface area contributed by atoms with Crippen LogP contribution in [0.3, 0.4) is 0 Å². The Labute approximate surface area is 109 Å². The van der Waals surface area contributed by atoms with E-state index < -0.39 is 16.8 Å². The SMILES string of the molecule is CC1(C)C(C(=O)O)C1c1ccc(Cl)c([N+](=O)[O-])c1. The predicted molar refractivity (Wildman–Crippen MR) is 65.8 cm³/mol. The van der Waals surface area contributed by atoms with E-state index in [9.17, 15) is 14.9 Å². The number of halogens is 1. The monoisotopic (exact) mass is 269 g/mol. The van der Waals surface area contributed by atoms with Crippen molar-refractivity contribution in [2.45, 2.75) is 19.8 Å². The van der Waals surface area contributed by atoms with Crippen LogP contribution in [-0.4, -0.2) is 16.0 Å². The molecule has 5 nitrogen and oxygen atoms in total. The molecule has 2 unspecified atom stereocenters. The van der Waals surface area contributed by atoms with Crippen molar-refractivity contribution in [2.24, 2.45) is 11.3 Å². The second-order valence-corrected chi connectivity index (χ2v) is 5.49. The lowest BCUT2D eigenvalue weighted by Crippen LogP contribution is -2.03. The number of carbonyl (C=O) groups is 1. The summed E-state index contributed by atoms with van der Waals surface area (Å²) in [6.45, 7) is 3.69. The quantitative estimate of drug-likeness (QED) is 0.675. The molecule has 1 fully saturated rings. The highest BCUT2D eigenvalue weighted by atomic mass is 35.5. The van der Waals surface area contributed by atoms with Crippen LogP contribution in [0.1, 0.15) is 25.3 Å². The largest absolute Gasteiger partial charge is 0.481 e. The second-order valence-electron chi connectivity index (χ2n) is 5.08. The van der Waals surface area contributed by atoms with Gasteiger partial charge in [0.05, 0.1) is 10.8 Å². The minimum absolute atomic E-state index is 0.0640. The van der Waals surface area contributed by atoms with Gasteiger partial charge in [0.15, 0.2) is 0 Å². The summed E-state index contributed by atoms with van der Waals surface area (Å²) in [6.07, 6.45) is 0. The molecule has 2 atom stereocenters. The number of carboxylic acid groups (broad SMARTS) is 1. The van der Waals surface area contributed by atoms with Crippen LogP contribution < -0.4 is 0 Å². The third kappa shape index (κ3) is 1.84. The zero-order valence-corrected chi connectivity index (χ0v) is 10.6. The van der Waals surface area contributed by atoms with Gasteiger partial charge < -0.3 is 5.11 Å². The fourth-order valence-corrected chi connectivity index (χ4v) is 2.77. The van der Waals surface area contributed by atoms with Crippen molar-refractivity contribution < 1.29 is 14.8 Å². The first-order valence-electron chi connectivity index (χ1n) is 5.43. The smallest absolute Gasteiger partial charge is 0.307 e. The minimum Gasteiger partial charge on any atom is -0.481 e. The molecular weight excluding hydrogens is 258 g/mol. The average Bonchev–Trinajstić information content (AvgIpc) is 2.82. The van der Waals surface area contributed by atoms with Gasteiger partial charge in [-0.15, -0.1) is 0 Å². The topological polar surface area (TPSA) is 80.4 Å². The molecule has 96 valence electrons. The molecule has 1 saturated carbocycles. The zero-order valence-electron chi connectivity index (χ0n) is 9.88. The molecule has 1 N–H and O–H groups in total. The van der Waals surface area contributed by atoms with Crippen molar-refractivity contribution in [1.29, 1.82) is 0 Å². The van der Waals surface area contributed by atoms with E-state index in [2.05, 4.69) is 0 Å². The van der Waals surface area contributed by atoms with Crippen molar-refractivity contribution in [1.82, 2.24) is 0 Å². The number of carboxylic acids is 1. The van der Waals surface area contributed by atoms with Gasteiger partial charge in [0.1, 0.15) is 5.02 Å². The summed E-state index contributed by atoms with van der Waals surface area (Å²) < 4.78 is 0. The molecule has 0 saturated heterocycles. The van der Waals surface area contributed by atoms with Crippen LogP contribution in [0.15, 0.2) is 18.2 Å². The van der Waals surface area contributed by atoms with Crippen LogP contribution in [0, 0.1) is 21.4 Å². The van der Waals surface area contributed by atoms with Crippen molar-refractivity contribution in [3.8, 4) is 0 Å². The van der Waals surface area contributed by atoms with E-state index in [-0.39, 0.29) is 22.0 Å². The molecule has 1 aromatic carbocycles. The minimum atomic E-state index is -0.873. The third-order valence-electron chi connectivity index (χ3n) is 3.62. The first-order valence-corrected chi connectivity index (χ1v) is 5.81. The van der Waals surface area contributed by atoms with E-state index in [1.54, 1.807) is 6.07 Å². The standard InChI is InChI=1S/C12H12ClNO4/c1-12(2)9(10(12)11(15)16)6-3-4-7(13)8(5-6)14(17)18/h3-5,9-10H,1-2H3,(H,15,16). The van der Waals surface area contributed by atoms with Gasteiger partial charge in [-0.2, -0.15) is 0 Å². The molecular formula is C12H12ClNO4. The van der Waals surface area contributed by atoms with Gasteiger partial charge in [0.2, 0.25) is 0 Å². The normalized spacial score (nSPS) is 24.6. The summed E-state index contributed by atoms with van der Waals surface area (Å²) >= 11 is 5.73. The second kappa shape index (κ2) is 3.95. The number of rotatable bonds is 3. The van der Waals surface area contributed by atoms with Gasteiger partial charge in [-0.1, -0.05) is 31.5 Å². The highest BCUT2D eigenvalue weighted by Gasteiger charge is 2.62. The average molecular weight is 270 g/mol. The maximum Gasteiger partial charge on any atom is 0.307 e. The van der Waals surface area contributed by atoms with Gasteiger partial charge >= 0.3 is 5.97 Å². The molecule has 2 rings (SSSR count). The maximum atomic E-state index is 11.1. The molecule has 0 spiro atoms. The van der Waals surface area contributed by atoms with Crippen LogP contribution in [0.5, 0.6) is 0 Å². The molecule has 0 aliphatic heterocycles. The van der Waals surface area contributed by atoms with Gasteiger partial charge in [0, 0.05) is 12.0 Å². The Morgan fingerprint density at radius 1 is 1.50 bits per heavy atom. The number of nitro groups is 1. The van der Waals surface area contributed by atoms with Gasteiger partial charge in [-0.25, -0.2) is 0 Å². The molecule has 6 heteroatoms. The molecule has 1 aliphatic carbocycles. The summed E-state index contributed by atoms with van der Waals surface area (Å²) in [7, 11) is 0. The molecule has 0 radical (unpaired) electrons. The molecule has 1 aromatic rings. The Bertz CT molecular complexity index is 541. The number of hydrogen-bond acceptors (Lipinski definition) is 3. The number of nitrogens with zero attached hydrogens (tertiary/aromatic N) is 1. The molecule has 0 bridgehead atoms. The lowest BCUT2D eigenvalue weighted by molar-refractivity contribution is -0.384. The summed E-state index contributed by atoms with van der Waals surface area (Å²) in [6, 6.07) is 4.48. The molecule has 18 heavy (non-hydrogen) atoms. The fourth-order valence-electron chi connectivity index (χ4n) is 2.58. The molecule has 0 heterocycles. The maximum absolute atomic E-state index is 11.1. The van der Waals surface area contributed by atoms with Crippen LogP contribution in [0.4, 0.5) is 5.69 Å². The Hall–Kier alpha value is -1.62. The lowest BCUT2D eigenvalue weighted by atomic mass is 10.0. The first kappa shape index (κ1) is 12.8. The van der Waals surface area contributed by atoms with E-state index >= 15 is 0 Å². The highest BCUT2D eigenvalue weighted by Crippen LogP contribution is 2.64. The zero-order chi connectivity index (χ0) is 13.7. The molecule has 1 aliphatic rings. The van der Waals surface area contributed by atoms with Gasteiger partial charge in [-0.3, -0.25) is 14.9 Å². The first-order chi connectivity index (χ1) is 8.26. The number of hydrogen-bond donors (Lipinski definition) is 1. The Morgan fingerprint density at radius 3 is 2.56 bits per heavy atom. The Morgan fingerprint density at radius 2 is 2.11 bits per heavy atom. The van der Waals surface area contributed by atoms with Crippen LogP contribution in [0.2, 0.25) is 5.02 Å². The van der Waals surface area contributed by atoms with E-state index in [0.717, 1.165) is 0 Å². The highest BCUT2D eigenvalue weighted by molar-refractivity contribution is 6.32. The van der Waals surface area contributed by atoms with Crippen molar-refractivity contribution in [3.05, 3.63) is 38.9 Å². The van der Waals surface area contributed by atoms with Gasteiger partial charge in [0.25, 0.3) is 5.69 Å². The van der Waals surface area contributed by atoms with Crippen molar-refractivity contribution in [3.63, 3.8) is 0 Å². The van der Waals surface area contributed by atoms with E-state index in [0.29, 0.717) is 5.56 Å². The summed E-state index contributed by atoms with van der Waals surface area (Å²) in [4.78, 5) is 21.3. The number of aliphatic carboxylic acids is 1. The molecule has 0 aromatic heterocycles. The lowest BCUT2D eigenvalue weighted by Gasteiger charge is -2.03. The predicted octanol–water partition coefficient (Wildman–Crippen LogP) is 3.07. The van der Waals surface area contributed by atoms with E-state index in [1.165, 1.54) is 12.1 Å². The fraction of sp³-hybridized carbons (Fsp3) is 0.417. The van der Waals surface area contributed by atoms with Crippen LogP contribution >= 0.6 is 11.6 Å². The van der Waals surface area contributed by atoms with Crippen molar-refractivity contribution in [2.75, 3.05) is 0 Å². The van der Waals surface area contributed by atoms with Crippen LogP contribution in [0.25, 0.3) is 0 Å².